The summed E-state index contributed by atoms with van der Waals surface area (Å²) in [5.74, 6) is 0.492. The topological polar surface area (TPSA) is 52.9 Å². The fraction of sp³-hybridized carbons (Fsp3) is 0.500. The van der Waals surface area contributed by atoms with E-state index in [1.165, 1.54) is 23.8 Å². The molecule has 5 heterocycles. The molecular weight excluding hydrogens is 356 g/mol. The molecule has 0 radical (unpaired) electrons. The molecule has 1 spiro atoms. The van der Waals surface area contributed by atoms with Crippen molar-refractivity contribution in [1.82, 2.24) is 9.47 Å². The van der Waals surface area contributed by atoms with Crippen LogP contribution in [0.15, 0.2) is 24.3 Å². The predicted octanol–water partition coefficient (Wildman–Crippen LogP) is 2.76. The van der Waals surface area contributed by atoms with E-state index in [-0.39, 0.29) is 23.5 Å². The van der Waals surface area contributed by atoms with Crippen molar-refractivity contribution < 1.29 is 19.0 Å². The molecule has 1 aromatic heterocycles. The zero-order valence-corrected chi connectivity index (χ0v) is 16.2. The van der Waals surface area contributed by atoms with Crippen LogP contribution >= 0.6 is 0 Å². The van der Waals surface area contributed by atoms with Crippen molar-refractivity contribution in [3.05, 3.63) is 35.5 Å². The van der Waals surface area contributed by atoms with E-state index >= 15 is 0 Å². The molecule has 1 aromatic carbocycles. The van der Waals surface area contributed by atoms with Crippen LogP contribution in [0, 0.1) is 5.41 Å². The summed E-state index contributed by atoms with van der Waals surface area (Å²) in [6.07, 6.45) is 5.27. The minimum absolute atomic E-state index is 0.158. The SMILES string of the molecule is COC(=O)C1=C[C@]23CCO[C@H]2CCN2CCc4c(n1c1c(OC)cccc41)[C@@H]23. The lowest BCUT2D eigenvalue weighted by molar-refractivity contribution is -0.134. The van der Waals surface area contributed by atoms with Gasteiger partial charge < -0.3 is 18.8 Å². The molecule has 146 valence electrons. The van der Waals surface area contributed by atoms with E-state index in [0.717, 1.165) is 50.2 Å². The molecule has 0 bridgehead atoms. The van der Waals surface area contributed by atoms with E-state index in [1.807, 2.05) is 12.1 Å². The van der Waals surface area contributed by atoms with Gasteiger partial charge in [-0.3, -0.25) is 4.90 Å². The van der Waals surface area contributed by atoms with Crippen molar-refractivity contribution in [2.75, 3.05) is 33.9 Å². The number of carbonyl (C=O) groups is 1. The van der Waals surface area contributed by atoms with Gasteiger partial charge in [0.1, 0.15) is 11.4 Å². The molecule has 6 rings (SSSR count). The van der Waals surface area contributed by atoms with Crippen LogP contribution in [0.4, 0.5) is 0 Å². The maximum absolute atomic E-state index is 12.9. The van der Waals surface area contributed by atoms with Crippen molar-refractivity contribution in [1.29, 1.82) is 0 Å². The number of para-hydroxylation sites is 1. The lowest BCUT2D eigenvalue weighted by Gasteiger charge is -2.53. The Hall–Kier alpha value is -2.31. The van der Waals surface area contributed by atoms with Crippen LogP contribution in [-0.4, -0.2) is 55.5 Å². The Balaban J connectivity index is 1.75. The second-order valence-corrected chi connectivity index (χ2v) is 8.28. The van der Waals surface area contributed by atoms with Crippen LogP contribution in [0.3, 0.4) is 0 Å². The first-order valence-electron chi connectivity index (χ1n) is 10.1. The van der Waals surface area contributed by atoms with Crippen LogP contribution in [0.25, 0.3) is 16.6 Å². The van der Waals surface area contributed by atoms with Crippen LogP contribution in [0.1, 0.15) is 30.1 Å². The molecule has 0 N–H and O–H groups in total. The largest absolute Gasteiger partial charge is 0.495 e. The highest BCUT2D eigenvalue weighted by atomic mass is 16.5. The molecule has 28 heavy (non-hydrogen) atoms. The Kier molecular flexibility index (Phi) is 3.33. The van der Waals surface area contributed by atoms with E-state index in [2.05, 4.69) is 21.6 Å². The summed E-state index contributed by atoms with van der Waals surface area (Å²) < 4.78 is 19.2. The Morgan fingerprint density at radius 1 is 1.29 bits per heavy atom. The maximum Gasteiger partial charge on any atom is 0.354 e. The first kappa shape index (κ1) is 16.6. The van der Waals surface area contributed by atoms with Gasteiger partial charge in [-0.05, 0) is 37.0 Å². The van der Waals surface area contributed by atoms with Crippen LogP contribution in [-0.2, 0) is 20.7 Å². The molecule has 2 saturated heterocycles. The highest BCUT2D eigenvalue weighted by Gasteiger charge is 2.59. The van der Waals surface area contributed by atoms with Gasteiger partial charge in [-0.25, -0.2) is 4.79 Å². The van der Waals surface area contributed by atoms with Crippen LogP contribution in [0.5, 0.6) is 5.75 Å². The van der Waals surface area contributed by atoms with Crippen LogP contribution < -0.4 is 4.74 Å². The number of fused-ring (bicyclic) bond motifs is 3. The zero-order valence-electron chi connectivity index (χ0n) is 16.2. The first-order valence-corrected chi connectivity index (χ1v) is 10.1. The highest BCUT2D eigenvalue weighted by Crippen LogP contribution is 2.60. The zero-order chi connectivity index (χ0) is 19.0. The number of aromatic nitrogens is 1. The van der Waals surface area contributed by atoms with Gasteiger partial charge in [-0.15, -0.1) is 0 Å². The number of carbonyl (C=O) groups excluding carboxylic acids is 1. The second-order valence-electron chi connectivity index (χ2n) is 8.28. The number of hydrogen-bond donors (Lipinski definition) is 0. The number of esters is 1. The summed E-state index contributed by atoms with van der Waals surface area (Å²) in [7, 11) is 3.14. The lowest BCUT2D eigenvalue weighted by Crippen LogP contribution is -2.55. The summed E-state index contributed by atoms with van der Waals surface area (Å²) in [5.41, 5.74) is 4.01. The predicted molar refractivity (Wildman–Crippen MR) is 104 cm³/mol. The Bertz CT molecular complexity index is 1040. The number of hydrogen-bond acceptors (Lipinski definition) is 5. The molecule has 6 heteroatoms. The molecule has 4 aliphatic rings. The third kappa shape index (κ3) is 1.83. The number of benzene rings is 1. The van der Waals surface area contributed by atoms with E-state index in [1.54, 1.807) is 7.11 Å². The summed E-state index contributed by atoms with van der Waals surface area (Å²) in [6, 6.07) is 6.40. The summed E-state index contributed by atoms with van der Waals surface area (Å²) >= 11 is 0. The monoisotopic (exact) mass is 380 g/mol. The Morgan fingerprint density at radius 2 is 2.18 bits per heavy atom. The van der Waals surface area contributed by atoms with Gasteiger partial charge in [0, 0.05) is 36.2 Å². The van der Waals surface area contributed by atoms with E-state index in [4.69, 9.17) is 14.2 Å². The summed E-state index contributed by atoms with van der Waals surface area (Å²) in [6.45, 7) is 2.83. The van der Waals surface area contributed by atoms with E-state index in [0.29, 0.717) is 5.70 Å². The Morgan fingerprint density at radius 3 is 3.00 bits per heavy atom. The second kappa shape index (κ2) is 5.61. The molecule has 6 nitrogen and oxygen atoms in total. The standard InChI is InChI=1S/C22H24N2O4/c1-26-16-5-3-4-13-14-6-9-23-10-7-17-22(8-11-28-17)12-15(21(25)27-2)24(18(13)16)19(14)20(22)23/h3-5,12,17,20H,6-11H2,1-2H3/t17-,20+,22+/m0/s1. The van der Waals surface area contributed by atoms with Crippen molar-refractivity contribution in [3.63, 3.8) is 0 Å². The van der Waals surface area contributed by atoms with E-state index in [9.17, 15) is 4.79 Å². The normalized spacial score (nSPS) is 30.6. The molecule has 0 amide bonds. The van der Waals surface area contributed by atoms with Gasteiger partial charge in [-0.1, -0.05) is 12.1 Å². The summed E-state index contributed by atoms with van der Waals surface area (Å²) in [4.78, 5) is 15.5. The molecule has 0 unspecified atom stereocenters. The van der Waals surface area contributed by atoms with Gasteiger partial charge >= 0.3 is 5.97 Å². The van der Waals surface area contributed by atoms with Crippen molar-refractivity contribution >= 4 is 22.6 Å². The van der Waals surface area contributed by atoms with Gasteiger partial charge in [0.2, 0.25) is 0 Å². The third-order valence-electron chi connectivity index (χ3n) is 7.27. The number of methoxy groups -OCH3 is 2. The molecular formula is C22H24N2O4. The number of piperidine rings is 1. The third-order valence-corrected chi connectivity index (χ3v) is 7.27. The van der Waals surface area contributed by atoms with Crippen LogP contribution in [0.2, 0.25) is 0 Å². The average molecular weight is 380 g/mol. The Labute approximate surface area is 163 Å². The highest BCUT2D eigenvalue weighted by molar-refractivity contribution is 6.14. The van der Waals surface area contributed by atoms with Crippen molar-refractivity contribution in [3.8, 4) is 5.75 Å². The fourth-order valence-corrected chi connectivity index (χ4v) is 6.21. The minimum Gasteiger partial charge on any atom is -0.495 e. The van der Waals surface area contributed by atoms with Gasteiger partial charge in [0.25, 0.3) is 0 Å². The molecule has 0 aliphatic carbocycles. The fourth-order valence-electron chi connectivity index (χ4n) is 6.21. The van der Waals surface area contributed by atoms with Gasteiger partial charge in [0.15, 0.2) is 0 Å². The maximum atomic E-state index is 12.9. The van der Waals surface area contributed by atoms with E-state index < -0.39 is 0 Å². The number of nitrogens with zero attached hydrogens (tertiary/aromatic N) is 2. The smallest absolute Gasteiger partial charge is 0.354 e. The first-order chi connectivity index (χ1) is 13.7. The van der Waals surface area contributed by atoms with Crippen molar-refractivity contribution in [2.45, 2.75) is 31.4 Å². The minimum atomic E-state index is -0.299. The van der Waals surface area contributed by atoms with Crippen molar-refractivity contribution in [2.24, 2.45) is 5.41 Å². The lowest BCUT2D eigenvalue weighted by atomic mass is 9.65. The molecule has 4 aliphatic heterocycles. The van der Waals surface area contributed by atoms with Gasteiger partial charge in [-0.2, -0.15) is 0 Å². The number of rotatable bonds is 2. The van der Waals surface area contributed by atoms with Gasteiger partial charge in [0.05, 0.1) is 31.9 Å². The molecule has 2 aromatic rings. The summed E-state index contributed by atoms with van der Waals surface area (Å²) in [5, 5.41) is 1.18. The average Bonchev–Trinajstić information content (AvgIpc) is 3.30. The molecule has 3 atom stereocenters. The molecule has 2 fully saturated rings. The quantitative estimate of drug-likeness (QED) is 0.750. The number of ether oxygens (including phenoxy) is 3. The molecule has 0 saturated carbocycles.